The van der Waals surface area contributed by atoms with Gasteiger partial charge in [-0.2, -0.15) is 13.2 Å². The smallest absolute Gasteiger partial charge is 0.340 e. The van der Waals surface area contributed by atoms with Gasteiger partial charge < -0.3 is 16.0 Å². The quantitative estimate of drug-likeness (QED) is 0.327. The standard InChI is InChI=1S/C24H19F3N6O/c1-15-9-10-28-20(11-15)33-22-13-21(29-14-30-22)31-18-5-7-19(8-6-18)32-23(34)16-3-2-4-17(12-16)24(25,26)27/h2-14H,1H3,(H,32,34)(H2,28,29,30,31,33). The average molecular weight is 464 g/mol. The second-order valence-corrected chi connectivity index (χ2v) is 7.37. The molecule has 10 heteroatoms. The molecule has 0 bridgehead atoms. The molecule has 0 radical (unpaired) electrons. The second kappa shape index (κ2) is 9.57. The van der Waals surface area contributed by atoms with Crippen LogP contribution in [-0.2, 0) is 6.18 Å². The van der Waals surface area contributed by atoms with E-state index < -0.39 is 17.6 Å². The van der Waals surface area contributed by atoms with Crippen molar-refractivity contribution in [1.29, 1.82) is 0 Å². The third kappa shape index (κ3) is 5.85. The number of aromatic nitrogens is 3. The van der Waals surface area contributed by atoms with Crippen LogP contribution in [0.2, 0.25) is 0 Å². The lowest BCUT2D eigenvalue weighted by atomic mass is 10.1. The maximum absolute atomic E-state index is 12.9. The lowest BCUT2D eigenvalue weighted by molar-refractivity contribution is -0.137. The molecule has 0 spiro atoms. The highest BCUT2D eigenvalue weighted by atomic mass is 19.4. The summed E-state index contributed by atoms with van der Waals surface area (Å²) in [5.74, 6) is 1.11. The van der Waals surface area contributed by atoms with Crippen LogP contribution in [0.3, 0.4) is 0 Å². The highest BCUT2D eigenvalue weighted by molar-refractivity contribution is 6.04. The largest absolute Gasteiger partial charge is 0.416 e. The van der Waals surface area contributed by atoms with Crippen LogP contribution in [0.25, 0.3) is 0 Å². The number of anilines is 5. The lowest BCUT2D eigenvalue weighted by Gasteiger charge is -2.11. The van der Waals surface area contributed by atoms with E-state index in [0.29, 0.717) is 28.8 Å². The van der Waals surface area contributed by atoms with Crippen LogP contribution in [0.15, 0.2) is 79.3 Å². The molecule has 172 valence electrons. The first-order valence-electron chi connectivity index (χ1n) is 10.1. The number of pyridine rings is 1. The predicted molar refractivity (Wildman–Crippen MR) is 123 cm³/mol. The summed E-state index contributed by atoms with van der Waals surface area (Å²) in [6, 6.07) is 16.4. The molecule has 0 atom stereocenters. The van der Waals surface area contributed by atoms with Gasteiger partial charge in [0.2, 0.25) is 0 Å². The van der Waals surface area contributed by atoms with Crippen LogP contribution in [-0.4, -0.2) is 20.9 Å². The Morgan fingerprint density at radius 3 is 2.18 bits per heavy atom. The number of carbonyl (C=O) groups excluding carboxylic acids is 1. The van der Waals surface area contributed by atoms with Crippen molar-refractivity contribution in [2.24, 2.45) is 0 Å². The summed E-state index contributed by atoms with van der Waals surface area (Å²) in [4.78, 5) is 25.0. The Balaban J connectivity index is 1.40. The highest BCUT2D eigenvalue weighted by Crippen LogP contribution is 2.29. The van der Waals surface area contributed by atoms with Gasteiger partial charge in [-0.15, -0.1) is 0 Å². The molecule has 4 rings (SSSR count). The number of alkyl halides is 3. The van der Waals surface area contributed by atoms with Gasteiger partial charge in [-0.05, 0) is 67.1 Å². The Bertz CT molecular complexity index is 1310. The Morgan fingerprint density at radius 2 is 1.47 bits per heavy atom. The number of nitrogens with one attached hydrogen (secondary N) is 3. The maximum Gasteiger partial charge on any atom is 0.416 e. The molecule has 4 aromatic rings. The number of aryl methyl sites for hydroxylation is 1. The summed E-state index contributed by atoms with van der Waals surface area (Å²) in [6.45, 7) is 1.96. The van der Waals surface area contributed by atoms with Gasteiger partial charge >= 0.3 is 6.18 Å². The van der Waals surface area contributed by atoms with Gasteiger partial charge in [0.05, 0.1) is 5.56 Å². The third-order valence-corrected chi connectivity index (χ3v) is 4.71. The molecule has 2 aromatic heterocycles. The first kappa shape index (κ1) is 22.7. The zero-order chi connectivity index (χ0) is 24.1. The summed E-state index contributed by atoms with van der Waals surface area (Å²) in [7, 11) is 0. The minimum atomic E-state index is -4.52. The molecule has 1 amide bonds. The van der Waals surface area contributed by atoms with Crippen LogP contribution < -0.4 is 16.0 Å². The van der Waals surface area contributed by atoms with Crippen molar-refractivity contribution in [1.82, 2.24) is 15.0 Å². The number of benzene rings is 2. The molecule has 3 N–H and O–H groups in total. The fraction of sp³-hybridized carbons (Fsp3) is 0.0833. The number of hydrogen-bond donors (Lipinski definition) is 3. The fourth-order valence-corrected chi connectivity index (χ4v) is 3.05. The Morgan fingerprint density at radius 1 is 0.794 bits per heavy atom. The third-order valence-electron chi connectivity index (χ3n) is 4.71. The van der Waals surface area contributed by atoms with E-state index in [0.717, 1.165) is 17.7 Å². The van der Waals surface area contributed by atoms with Crippen molar-refractivity contribution in [2.45, 2.75) is 13.1 Å². The first-order valence-corrected chi connectivity index (χ1v) is 10.1. The van der Waals surface area contributed by atoms with E-state index in [2.05, 4.69) is 30.9 Å². The van der Waals surface area contributed by atoms with E-state index in [1.807, 2.05) is 19.1 Å². The van der Waals surface area contributed by atoms with Crippen molar-refractivity contribution in [2.75, 3.05) is 16.0 Å². The predicted octanol–water partition coefficient (Wildman–Crippen LogP) is 5.94. The van der Waals surface area contributed by atoms with Crippen molar-refractivity contribution >= 4 is 34.7 Å². The van der Waals surface area contributed by atoms with Crippen molar-refractivity contribution < 1.29 is 18.0 Å². The van der Waals surface area contributed by atoms with Crippen LogP contribution in [0.5, 0.6) is 0 Å². The molecule has 7 nitrogen and oxygen atoms in total. The van der Waals surface area contributed by atoms with Crippen LogP contribution in [0, 0.1) is 6.92 Å². The summed E-state index contributed by atoms with van der Waals surface area (Å²) < 4.78 is 38.6. The van der Waals surface area contributed by atoms with Gasteiger partial charge in [0, 0.05) is 29.2 Å². The van der Waals surface area contributed by atoms with E-state index in [1.54, 1.807) is 36.5 Å². The zero-order valence-corrected chi connectivity index (χ0v) is 17.9. The number of halogens is 3. The number of nitrogens with zero attached hydrogens (tertiary/aromatic N) is 3. The van der Waals surface area contributed by atoms with E-state index in [1.165, 1.54) is 18.5 Å². The van der Waals surface area contributed by atoms with Gasteiger partial charge in [-0.25, -0.2) is 15.0 Å². The van der Waals surface area contributed by atoms with Gasteiger partial charge in [-0.1, -0.05) is 6.07 Å². The molecule has 0 saturated heterocycles. The van der Waals surface area contributed by atoms with Crippen molar-refractivity contribution in [3.63, 3.8) is 0 Å². The Kier molecular flexibility index (Phi) is 6.39. The van der Waals surface area contributed by atoms with Crippen LogP contribution in [0.4, 0.5) is 42.0 Å². The lowest BCUT2D eigenvalue weighted by Crippen LogP contribution is -2.13. The molecule has 0 aliphatic heterocycles. The van der Waals surface area contributed by atoms with E-state index in [-0.39, 0.29) is 5.56 Å². The molecule has 0 unspecified atom stereocenters. The van der Waals surface area contributed by atoms with Crippen molar-refractivity contribution in [3.05, 3.63) is 95.9 Å². The van der Waals surface area contributed by atoms with E-state index in [9.17, 15) is 18.0 Å². The van der Waals surface area contributed by atoms with Crippen LogP contribution >= 0.6 is 0 Å². The van der Waals surface area contributed by atoms with Gasteiger partial charge in [-0.3, -0.25) is 4.79 Å². The summed E-state index contributed by atoms with van der Waals surface area (Å²) >= 11 is 0. The molecule has 0 aliphatic carbocycles. The molecule has 2 heterocycles. The van der Waals surface area contributed by atoms with Crippen molar-refractivity contribution in [3.8, 4) is 0 Å². The fourth-order valence-electron chi connectivity index (χ4n) is 3.05. The number of rotatable bonds is 6. The molecule has 34 heavy (non-hydrogen) atoms. The molecule has 0 fully saturated rings. The Labute approximate surface area is 193 Å². The topological polar surface area (TPSA) is 91.8 Å². The number of carbonyl (C=O) groups is 1. The number of amides is 1. The molecular weight excluding hydrogens is 445 g/mol. The van der Waals surface area contributed by atoms with Crippen LogP contribution in [0.1, 0.15) is 21.5 Å². The SMILES string of the molecule is Cc1ccnc(Nc2cc(Nc3ccc(NC(=O)c4cccc(C(F)(F)F)c4)cc3)ncn2)c1. The minimum Gasteiger partial charge on any atom is -0.340 e. The first-order chi connectivity index (χ1) is 16.3. The minimum absolute atomic E-state index is 0.0823. The van der Waals surface area contributed by atoms with E-state index >= 15 is 0 Å². The molecule has 0 saturated carbocycles. The Hall–Kier alpha value is -4.47. The molecule has 2 aromatic carbocycles. The average Bonchev–Trinajstić information content (AvgIpc) is 2.80. The number of hydrogen-bond acceptors (Lipinski definition) is 6. The van der Waals surface area contributed by atoms with Gasteiger partial charge in [0.1, 0.15) is 23.8 Å². The summed E-state index contributed by atoms with van der Waals surface area (Å²) in [5, 5.41) is 8.83. The van der Waals surface area contributed by atoms with Gasteiger partial charge in [0.25, 0.3) is 5.91 Å². The highest BCUT2D eigenvalue weighted by Gasteiger charge is 2.30. The molecule has 0 aliphatic rings. The second-order valence-electron chi connectivity index (χ2n) is 7.37. The summed E-state index contributed by atoms with van der Waals surface area (Å²) in [5.41, 5.74) is 1.22. The summed E-state index contributed by atoms with van der Waals surface area (Å²) in [6.07, 6.45) is -1.41. The molecular formula is C24H19F3N6O. The maximum atomic E-state index is 12.9. The van der Waals surface area contributed by atoms with Gasteiger partial charge in [0.15, 0.2) is 0 Å². The zero-order valence-electron chi connectivity index (χ0n) is 17.9. The normalized spacial score (nSPS) is 11.1. The monoisotopic (exact) mass is 464 g/mol. The van der Waals surface area contributed by atoms with E-state index in [4.69, 9.17) is 0 Å².